The quantitative estimate of drug-likeness (QED) is 0.656. The number of nitrogens with two attached hydrogens (primary N) is 1. The van der Waals surface area contributed by atoms with Gasteiger partial charge in [0.05, 0.1) is 18.0 Å². The summed E-state index contributed by atoms with van der Waals surface area (Å²) in [6, 6.07) is 8.06. The van der Waals surface area contributed by atoms with Crippen LogP contribution in [0.4, 0.5) is 0 Å². The van der Waals surface area contributed by atoms with Gasteiger partial charge in [0, 0.05) is 5.56 Å². The molecule has 6 nitrogen and oxygen atoms in total. The van der Waals surface area contributed by atoms with Crippen molar-refractivity contribution in [1.29, 1.82) is 0 Å². The maximum Gasteiger partial charge on any atom is 0.275 e. The predicted octanol–water partition coefficient (Wildman–Crippen LogP) is 0.288. The lowest BCUT2D eigenvalue weighted by atomic mass is 10.1. The van der Waals surface area contributed by atoms with Crippen LogP contribution in [0.15, 0.2) is 46.0 Å². The van der Waals surface area contributed by atoms with Crippen LogP contribution in [0.5, 0.6) is 0 Å². The van der Waals surface area contributed by atoms with E-state index < -0.39 is 10.0 Å². The van der Waals surface area contributed by atoms with Crippen LogP contribution in [-0.4, -0.2) is 27.9 Å². The van der Waals surface area contributed by atoms with Gasteiger partial charge < -0.3 is 10.2 Å². The second kappa shape index (κ2) is 7.89. The van der Waals surface area contributed by atoms with Crippen molar-refractivity contribution in [3.05, 3.63) is 52.2 Å². The van der Waals surface area contributed by atoms with Crippen molar-refractivity contribution >= 4 is 27.3 Å². The molecular formula is C16H22N3O3S2+. The van der Waals surface area contributed by atoms with E-state index in [0.717, 1.165) is 17.0 Å². The molecule has 0 radical (unpaired) electrons. The third-order valence-electron chi connectivity index (χ3n) is 3.63. The number of hydrogen-bond acceptors (Lipinski definition) is 4. The van der Waals surface area contributed by atoms with E-state index in [0.29, 0.717) is 6.54 Å². The molecule has 1 amide bonds. The Morgan fingerprint density at radius 1 is 1.29 bits per heavy atom. The molecule has 1 aromatic carbocycles. The summed E-state index contributed by atoms with van der Waals surface area (Å²) in [5, 5.41) is 12.1. The standard InChI is InChI=1S/C16H21N3O3S2/c1-12(14-3-5-15(6-4-14)24(17,21)22)18-16(20)10-19(2)9-13-7-8-23-11-13/h3-8,11-12H,9-10H2,1-2H3,(H,18,20)(H2,17,21,22)/p+1/t12-/m1/s1. The summed E-state index contributed by atoms with van der Waals surface area (Å²) < 4.78 is 22.5. The van der Waals surface area contributed by atoms with Gasteiger partial charge in [0.25, 0.3) is 5.91 Å². The number of amides is 1. The minimum absolute atomic E-state index is 0.0502. The SMILES string of the molecule is C[C@@H](NC(=O)C[NH+](C)Cc1ccsc1)c1ccc(S(N)(=O)=O)cc1. The van der Waals surface area contributed by atoms with E-state index in [1.165, 1.54) is 17.7 Å². The van der Waals surface area contributed by atoms with Crippen molar-refractivity contribution in [3.8, 4) is 0 Å². The van der Waals surface area contributed by atoms with Gasteiger partial charge >= 0.3 is 0 Å². The fraction of sp³-hybridized carbons (Fsp3) is 0.312. The number of carbonyl (C=O) groups excluding carboxylic acids is 1. The fourth-order valence-electron chi connectivity index (χ4n) is 2.40. The summed E-state index contributed by atoms with van der Waals surface area (Å²) in [5.74, 6) is -0.0502. The van der Waals surface area contributed by atoms with Crippen LogP contribution in [-0.2, 0) is 21.4 Å². The molecule has 0 saturated carbocycles. The first-order chi connectivity index (χ1) is 11.3. The summed E-state index contributed by atoms with van der Waals surface area (Å²) in [4.78, 5) is 13.3. The Morgan fingerprint density at radius 3 is 2.50 bits per heavy atom. The largest absolute Gasteiger partial charge is 0.345 e. The molecule has 1 heterocycles. The molecule has 0 aliphatic heterocycles. The highest BCUT2D eigenvalue weighted by Crippen LogP contribution is 2.15. The highest BCUT2D eigenvalue weighted by molar-refractivity contribution is 7.89. The van der Waals surface area contributed by atoms with E-state index in [1.54, 1.807) is 23.5 Å². The van der Waals surface area contributed by atoms with Gasteiger partial charge in [-0.2, -0.15) is 11.3 Å². The number of benzene rings is 1. The maximum absolute atomic E-state index is 12.1. The molecule has 0 saturated heterocycles. The normalized spacial score (nSPS) is 14.1. The van der Waals surface area contributed by atoms with Crippen LogP contribution in [0.3, 0.4) is 0 Å². The fourth-order valence-corrected chi connectivity index (χ4v) is 3.58. The van der Waals surface area contributed by atoms with Crippen molar-refractivity contribution in [3.63, 3.8) is 0 Å². The average molecular weight is 369 g/mol. The zero-order valence-corrected chi connectivity index (χ0v) is 15.3. The maximum atomic E-state index is 12.1. The number of carbonyl (C=O) groups is 1. The zero-order valence-electron chi connectivity index (χ0n) is 13.7. The van der Waals surface area contributed by atoms with Crippen molar-refractivity contribution < 1.29 is 18.1 Å². The van der Waals surface area contributed by atoms with Crippen molar-refractivity contribution in [2.24, 2.45) is 5.14 Å². The minimum Gasteiger partial charge on any atom is -0.345 e. The molecule has 2 aromatic rings. The highest BCUT2D eigenvalue weighted by atomic mass is 32.2. The lowest BCUT2D eigenvalue weighted by molar-refractivity contribution is -0.885. The molecule has 2 rings (SSSR count). The lowest BCUT2D eigenvalue weighted by Crippen LogP contribution is -3.08. The Balaban J connectivity index is 1.89. The molecule has 1 aromatic heterocycles. The molecule has 0 fully saturated rings. The number of primary sulfonamides is 1. The molecule has 0 bridgehead atoms. The summed E-state index contributed by atoms with van der Waals surface area (Å²) in [5.41, 5.74) is 2.04. The molecule has 8 heteroatoms. The Morgan fingerprint density at radius 2 is 1.96 bits per heavy atom. The smallest absolute Gasteiger partial charge is 0.275 e. The van der Waals surface area contributed by atoms with Gasteiger partial charge in [-0.3, -0.25) is 4.79 Å². The average Bonchev–Trinajstić information content (AvgIpc) is 2.98. The molecule has 130 valence electrons. The Hall–Kier alpha value is -1.74. The van der Waals surface area contributed by atoms with Crippen molar-refractivity contribution in [2.75, 3.05) is 13.6 Å². The molecule has 0 aliphatic rings. The van der Waals surface area contributed by atoms with Crippen LogP contribution in [0.25, 0.3) is 0 Å². The Labute approximate surface area is 146 Å². The summed E-state index contributed by atoms with van der Waals surface area (Å²) in [6.45, 7) is 3.03. The van der Waals surface area contributed by atoms with Crippen LogP contribution in [0.2, 0.25) is 0 Å². The minimum atomic E-state index is -3.70. The van der Waals surface area contributed by atoms with Gasteiger partial charge in [-0.1, -0.05) is 12.1 Å². The van der Waals surface area contributed by atoms with E-state index in [9.17, 15) is 13.2 Å². The molecule has 0 aliphatic carbocycles. The second-order valence-electron chi connectivity index (χ2n) is 5.85. The monoisotopic (exact) mass is 368 g/mol. The summed E-state index contributed by atoms with van der Waals surface area (Å²) in [7, 11) is -1.72. The lowest BCUT2D eigenvalue weighted by Gasteiger charge is -2.17. The number of quaternary nitrogens is 1. The summed E-state index contributed by atoms with van der Waals surface area (Å²) >= 11 is 1.65. The number of sulfonamides is 1. The van der Waals surface area contributed by atoms with Gasteiger partial charge in [-0.05, 0) is 41.4 Å². The predicted molar refractivity (Wildman–Crippen MR) is 94.1 cm³/mol. The number of thiophene rings is 1. The van der Waals surface area contributed by atoms with E-state index >= 15 is 0 Å². The number of hydrogen-bond donors (Lipinski definition) is 3. The zero-order chi connectivity index (χ0) is 17.7. The second-order valence-corrected chi connectivity index (χ2v) is 8.19. The van der Waals surface area contributed by atoms with Crippen LogP contribution in [0.1, 0.15) is 24.1 Å². The molecule has 2 atom stereocenters. The van der Waals surface area contributed by atoms with Gasteiger partial charge in [0.15, 0.2) is 6.54 Å². The topological polar surface area (TPSA) is 93.7 Å². The number of rotatable bonds is 7. The van der Waals surface area contributed by atoms with Gasteiger partial charge in [0.2, 0.25) is 10.0 Å². The van der Waals surface area contributed by atoms with E-state index in [4.69, 9.17) is 5.14 Å². The molecule has 1 unspecified atom stereocenters. The molecule has 0 spiro atoms. The molecule has 24 heavy (non-hydrogen) atoms. The summed E-state index contributed by atoms with van der Waals surface area (Å²) in [6.07, 6.45) is 0. The first-order valence-electron chi connectivity index (χ1n) is 7.50. The van der Waals surface area contributed by atoms with E-state index in [1.807, 2.05) is 19.4 Å². The first kappa shape index (κ1) is 18.6. The molecular weight excluding hydrogens is 346 g/mol. The third-order valence-corrected chi connectivity index (χ3v) is 5.30. The third kappa shape index (κ3) is 5.41. The van der Waals surface area contributed by atoms with Gasteiger partial charge in [-0.15, -0.1) is 0 Å². The van der Waals surface area contributed by atoms with Crippen LogP contribution < -0.4 is 15.4 Å². The number of likely N-dealkylation sites (N-methyl/N-ethyl adjacent to an activating group) is 1. The number of nitrogens with one attached hydrogen (secondary N) is 2. The molecule has 4 N–H and O–H groups in total. The van der Waals surface area contributed by atoms with Crippen LogP contribution >= 0.6 is 11.3 Å². The Kier molecular flexibility index (Phi) is 6.11. The van der Waals surface area contributed by atoms with Crippen molar-refractivity contribution in [1.82, 2.24) is 5.32 Å². The van der Waals surface area contributed by atoms with Crippen molar-refractivity contribution in [2.45, 2.75) is 24.4 Å². The van der Waals surface area contributed by atoms with E-state index in [-0.39, 0.29) is 16.8 Å². The van der Waals surface area contributed by atoms with Crippen LogP contribution in [0, 0.1) is 0 Å². The highest BCUT2D eigenvalue weighted by Gasteiger charge is 2.15. The Bertz CT molecular complexity index is 771. The van der Waals surface area contributed by atoms with Gasteiger partial charge in [-0.25, -0.2) is 13.6 Å². The van der Waals surface area contributed by atoms with Gasteiger partial charge in [0.1, 0.15) is 6.54 Å². The first-order valence-corrected chi connectivity index (χ1v) is 9.99. The van der Waals surface area contributed by atoms with E-state index in [2.05, 4.69) is 16.8 Å².